The molecule has 0 aliphatic rings. The Hall–Kier alpha value is -2.99. The molecule has 1 aromatic heterocycles. The van der Waals surface area contributed by atoms with Crippen LogP contribution in [0.4, 0.5) is 0 Å². The number of ether oxygens (including phenoxy) is 2. The van der Waals surface area contributed by atoms with E-state index < -0.39 is 5.56 Å². The van der Waals surface area contributed by atoms with Gasteiger partial charge in [-0.1, -0.05) is 11.8 Å². The lowest BCUT2D eigenvalue weighted by Crippen LogP contribution is -2.34. The van der Waals surface area contributed by atoms with Gasteiger partial charge < -0.3 is 19.4 Å². The molecule has 8 nitrogen and oxygen atoms in total. The largest absolute Gasteiger partial charge is 0.493 e. The number of aromatic amines is 1. The van der Waals surface area contributed by atoms with Crippen LogP contribution < -0.4 is 15.0 Å². The molecule has 0 aliphatic heterocycles. The smallest absolute Gasteiger partial charge is 0.270 e. The number of carbonyl (C=O) groups excluding carboxylic acids is 1. The Morgan fingerprint density at radius 3 is 2.61 bits per heavy atom. The van der Waals surface area contributed by atoms with Crippen LogP contribution in [0.15, 0.2) is 28.2 Å². The molecule has 0 saturated heterocycles. The topological polar surface area (TPSA) is 108 Å². The Bertz CT molecular complexity index is 948. The number of H-pyrrole nitrogens is 1. The predicted octanol–water partition coefficient (Wildman–Crippen LogP) is 2.29. The van der Waals surface area contributed by atoms with E-state index in [0.717, 1.165) is 0 Å². The Labute approximate surface area is 167 Å². The van der Waals surface area contributed by atoms with E-state index in [-0.39, 0.29) is 23.8 Å². The molecule has 0 bridgehead atoms. The predicted molar refractivity (Wildman–Crippen MR) is 107 cm³/mol. The third kappa shape index (κ3) is 4.64. The lowest BCUT2D eigenvalue weighted by molar-refractivity contribution is -0.132. The maximum atomic E-state index is 12.1. The molecule has 0 saturated carbocycles. The first-order chi connectivity index (χ1) is 13.5. The molecule has 0 atom stereocenters. The van der Waals surface area contributed by atoms with Gasteiger partial charge in [-0.05, 0) is 38.3 Å². The number of carbonyl (C=O) groups is 1. The fraction of sp³-hybridized carbons (Fsp3) is 0.368. The molecule has 1 aromatic carbocycles. The van der Waals surface area contributed by atoms with Crippen LogP contribution in [-0.4, -0.2) is 53.8 Å². The van der Waals surface area contributed by atoms with Crippen LogP contribution >= 0.6 is 11.8 Å². The number of nitrogens with one attached hydrogen (secondary N) is 1. The van der Waals surface area contributed by atoms with Gasteiger partial charge in [-0.3, -0.25) is 9.59 Å². The number of aromatic nitrogens is 2. The second-order valence-corrected chi connectivity index (χ2v) is 6.43. The van der Waals surface area contributed by atoms with Crippen molar-refractivity contribution in [3.63, 3.8) is 0 Å². The second kappa shape index (κ2) is 9.80. The maximum Gasteiger partial charge on any atom is 0.270 e. The van der Waals surface area contributed by atoms with Crippen molar-refractivity contribution >= 4 is 17.7 Å². The zero-order valence-corrected chi connectivity index (χ0v) is 17.1. The number of hydrogen-bond donors (Lipinski definition) is 1. The molecule has 9 heteroatoms. The molecule has 148 valence electrons. The Morgan fingerprint density at radius 2 is 2.04 bits per heavy atom. The van der Waals surface area contributed by atoms with Crippen molar-refractivity contribution in [3.05, 3.63) is 34.1 Å². The van der Waals surface area contributed by atoms with Gasteiger partial charge in [-0.2, -0.15) is 5.26 Å². The molecule has 2 aromatic rings. The first kappa shape index (κ1) is 21.3. The van der Waals surface area contributed by atoms with Crippen molar-refractivity contribution in [1.82, 2.24) is 14.9 Å². The van der Waals surface area contributed by atoms with Gasteiger partial charge in [0, 0.05) is 18.7 Å². The van der Waals surface area contributed by atoms with E-state index >= 15 is 0 Å². The molecule has 28 heavy (non-hydrogen) atoms. The summed E-state index contributed by atoms with van der Waals surface area (Å²) >= 11 is 1.27. The summed E-state index contributed by atoms with van der Waals surface area (Å²) in [6.45, 7) is 4.91. The van der Waals surface area contributed by atoms with Crippen LogP contribution in [0.25, 0.3) is 11.3 Å². The molecule has 0 aliphatic carbocycles. The van der Waals surface area contributed by atoms with Gasteiger partial charge in [0.05, 0.1) is 12.8 Å². The maximum absolute atomic E-state index is 12.1. The summed E-state index contributed by atoms with van der Waals surface area (Å²) in [6, 6.07) is 6.83. The van der Waals surface area contributed by atoms with Crippen molar-refractivity contribution in [2.24, 2.45) is 0 Å². The van der Waals surface area contributed by atoms with E-state index in [2.05, 4.69) is 9.97 Å². The average molecular weight is 402 g/mol. The van der Waals surface area contributed by atoms with Gasteiger partial charge >= 0.3 is 0 Å². The van der Waals surface area contributed by atoms with E-state index in [1.807, 2.05) is 19.9 Å². The molecule has 1 heterocycles. The molecule has 0 spiro atoms. The number of thioether (sulfide) groups is 1. The van der Waals surface area contributed by atoms with Gasteiger partial charge in [0.15, 0.2) is 23.3 Å². The number of likely N-dealkylation sites (N-methyl/N-ethyl adjacent to an activating group) is 1. The van der Waals surface area contributed by atoms with E-state index in [9.17, 15) is 14.9 Å². The fourth-order valence-electron chi connectivity index (χ4n) is 2.60. The van der Waals surface area contributed by atoms with Crippen molar-refractivity contribution < 1.29 is 14.3 Å². The van der Waals surface area contributed by atoms with E-state index in [0.29, 0.717) is 35.3 Å². The molecular formula is C19H22N4O4S. The monoisotopic (exact) mass is 402 g/mol. The van der Waals surface area contributed by atoms with Crippen LogP contribution in [0.2, 0.25) is 0 Å². The normalized spacial score (nSPS) is 10.2. The molecule has 1 amide bonds. The first-order valence-electron chi connectivity index (χ1n) is 8.66. The highest BCUT2D eigenvalue weighted by atomic mass is 32.2. The lowest BCUT2D eigenvalue weighted by atomic mass is 10.1. The zero-order chi connectivity index (χ0) is 20.7. The van der Waals surface area contributed by atoms with Crippen molar-refractivity contribution in [3.8, 4) is 28.8 Å². The lowest BCUT2D eigenvalue weighted by Gasteiger charge is -2.19. The standard InChI is InChI=1S/C19H22N4O4S/c1-5-23(6-2)16(24)11-27-14-8-7-12(9-15(14)26-3)17-13(10-20)18(25)22-19(21-17)28-4/h7-9H,5-6,11H2,1-4H3,(H,21,22,25). The molecular weight excluding hydrogens is 380 g/mol. The van der Waals surface area contributed by atoms with Crippen LogP contribution in [0.1, 0.15) is 19.4 Å². The third-order valence-electron chi connectivity index (χ3n) is 4.11. The van der Waals surface area contributed by atoms with Gasteiger partial charge in [0.2, 0.25) is 0 Å². The number of hydrogen-bond acceptors (Lipinski definition) is 7. The van der Waals surface area contributed by atoms with E-state index in [1.165, 1.54) is 18.9 Å². The Kier molecular flexibility index (Phi) is 7.46. The minimum atomic E-state index is -0.499. The number of methoxy groups -OCH3 is 1. The highest BCUT2D eigenvalue weighted by Gasteiger charge is 2.17. The fourth-order valence-corrected chi connectivity index (χ4v) is 2.98. The Morgan fingerprint density at radius 1 is 1.32 bits per heavy atom. The number of amides is 1. The van der Waals surface area contributed by atoms with Crippen LogP contribution in [0.5, 0.6) is 11.5 Å². The van der Waals surface area contributed by atoms with Crippen LogP contribution in [0, 0.1) is 11.3 Å². The minimum absolute atomic E-state index is 0.0785. The minimum Gasteiger partial charge on any atom is -0.493 e. The number of rotatable bonds is 8. The molecule has 1 N–H and O–H groups in total. The van der Waals surface area contributed by atoms with Crippen molar-refractivity contribution in [2.75, 3.05) is 33.1 Å². The van der Waals surface area contributed by atoms with Gasteiger partial charge in [-0.25, -0.2) is 4.98 Å². The summed E-state index contributed by atoms with van der Waals surface area (Å²) in [6.07, 6.45) is 1.78. The van der Waals surface area contributed by atoms with Crippen molar-refractivity contribution in [1.29, 1.82) is 5.26 Å². The summed E-state index contributed by atoms with van der Waals surface area (Å²) in [5, 5.41) is 9.74. The second-order valence-electron chi connectivity index (χ2n) is 5.63. The SMILES string of the molecule is CCN(CC)C(=O)COc1ccc(-c2nc(SC)[nH]c(=O)c2C#N)cc1OC. The Balaban J connectivity index is 2.36. The van der Waals surface area contributed by atoms with Gasteiger partial charge in [0.25, 0.3) is 11.5 Å². The highest BCUT2D eigenvalue weighted by molar-refractivity contribution is 7.98. The summed E-state index contributed by atoms with van der Waals surface area (Å²) < 4.78 is 11.0. The third-order valence-corrected chi connectivity index (χ3v) is 4.69. The first-order valence-corrected chi connectivity index (χ1v) is 9.88. The molecule has 0 radical (unpaired) electrons. The summed E-state index contributed by atoms with van der Waals surface area (Å²) in [4.78, 5) is 32.8. The van der Waals surface area contributed by atoms with E-state index in [1.54, 1.807) is 29.4 Å². The summed E-state index contributed by atoms with van der Waals surface area (Å²) in [5.74, 6) is 0.644. The van der Waals surface area contributed by atoms with E-state index in [4.69, 9.17) is 9.47 Å². The number of nitrogens with zero attached hydrogens (tertiary/aromatic N) is 3. The number of benzene rings is 1. The average Bonchev–Trinajstić information content (AvgIpc) is 2.72. The van der Waals surface area contributed by atoms with Gasteiger partial charge in [0.1, 0.15) is 11.6 Å². The molecule has 0 unspecified atom stereocenters. The van der Waals surface area contributed by atoms with Gasteiger partial charge in [-0.15, -0.1) is 0 Å². The highest BCUT2D eigenvalue weighted by Crippen LogP contribution is 2.33. The summed E-state index contributed by atoms with van der Waals surface area (Å²) in [7, 11) is 1.47. The van der Waals surface area contributed by atoms with Crippen LogP contribution in [-0.2, 0) is 4.79 Å². The number of nitriles is 1. The summed E-state index contributed by atoms with van der Waals surface area (Å²) in [5.41, 5.74) is 0.225. The molecule has 0 fully saturated rings. The quantitative estimate of drug-likeness (QED) is 0.533. The zero-order valence-electron chi connectivity index (χ0n) is 16.2. The van der Waals surface area contributed by atoms with Crippen LogP contribution in [0.3, 0.4) is 0 Å². The van der Waals surface area contributed by atoms with Crippen molar-refractivity contribution in [2.45, 2.75) is 19.0 Å². The molecule has 2 rings (SSSR count).